The molecule has 0 saturated carbocycles. The van der Waals surface area contributed by atoms with Crippen LogP contribution in [-0.2, 0) is 10.4 Å². The van der Waals surface area contributed by atoms with Gasteiger partial charge in [-0.2, -0.15) is 0 Å². The van der Waals surface area contributed by atoms with Crippen molar-refractivity contribution in [3.8, 4) is 0 Å². The molecular weight excluding hydrogens is 294 g/mol. The molecule has 14 N–H and O–H groups in total. The van der Waals surface area contributed by atoms with Gasteiger partial charge in [0.25, 0.3) is 0 Å². The topological polar surface area (TPSA) is 301 Å². The van der Waals surface area contributed by atoms with Crippen molar-refractivity contribution in [1.29, 1.82) is 0 Å². The van der Waals surface area contributed by atoms with Crippen molar-refractivity contribution < 1.29 is 137 Å². The third-order valence-electron chi connectivity index (χ3n) is 0. The second-order valence-electron chi connectivity index (χ2n) is 0.408. The fourth-order valence-corrected chi connectivity index (χ4v) is 0. The summed E-state index contributed by atoms with van der Waals surface area (Å²) >= 11 is 0. The molecule has 0 aliphatic carbocycles. The van der Waals surface area contributed by atoms with Crippen molar-refractivity contribution in [3.63, 3.8) is 0 Å². The SMILES string of the molecule is O.O.O.O.O.O.O.O=S(=O)([O-])[O-].[K+].[MgH2].[Na+]. The maximum atomic E-state index is 8.52. The molecule has 0 aliphatic rings. The Morgan fingerprint density at radius 3 is 0.667 bits per heavy atom. The van der Waals surface area contributed by atoms with Crippen LogP contribution in [0.25, 0.3) is 0 Å². The average Bonchev–Trinajstić information content (AvgIpc) is 0.722. The molecule has 0 aliphatic heterocycles. The maximum Gasteiger partial charge on any atom is 1.00 e. The van der Waals surface area contributed by atoms with E-state index in [1.165, 1.54) is 0 Å². The molecule has 15 heteroatoms. The van der Waals surface area contributed by atoms with Crippen LogP contribution in [0.15, 0.2) is 0 Å². The van der Waals surface area contributed by atoms with Crippen molar-refractivity contribution in [2.45, 2.75) is 0 Å². The first-order valence-corrected chi connectivity index (χ1v) is 2.00. The number of hydrogen-bond donors (Lipinski definition) is 0. The van der Waals surface area contributed by atoms with Crippen LogP contribution < -0.4 is 80.9 Å². The molecule has 0 bridgehead atoms. The predicted molar refractivity (Wildman–Crippen MR) is 44.3 cm³/mol. The van der Waals surface area contributed by atoms with E-state index in [9.17, 15) is 0 Å². The molecule has 0 spiro atoms. The summed E-state index contributed by atoms with van der Waals surface area (Å²) in [5.74, 6) is 0. The van der Waals surface area contributed by atoms with Gasteiger partial charge in [-0.3, -0.25) is 8.42 Å². The zero-order valence-electron chi connectivity index (χ0n) is 7.54. The maximum absolute atomic E-state index is 8.52. The van der Waals surface area contributed by atoms with Crippen molar-refractivity contribution in [1.82, 2.24) is 0 Å². The third kappa shape index (κ3) is 426. The van der Waals surface area contributed by atoms with Crippen LogP contribution in [0.1, 0.15) is 0 Å². The summed E-state index contributed by atoms with van der Waals surface area (Å²) in [4.78, 5) is 0. The zero-order valence-corrected chi connectivity index (χ0v) is 13.5. The summed E-state index contributed by atoms with van der Waals surface area (Å²) in [5.41, 5.74) is 0. The molecular formula is H16KMgNaO11S. The Kier molecular flexibility index (Phi) is 381. The van der Waals surface area contributed by atoms with Gasteiger partial charge >= 0.3 is 104 Å². The van der Waals surface area contributed by atoms with Gasteiger partial charge in [0.1, 0.15) is 0 Å². The van der Waals surface area contributed by atoms with Crippen LogP contribution in [0.5, 0.6) is 0 Å². The van der Waals surface area contributed by atoms with E-state index in [0.717, 1.165) is 0 Å². The van der Waals surface area contributed by atoms with Crippen LogP contribution in [0.3, 0.4) is 0 Å². The van der Waals surface area contributed by atoms with Crippen LogP contribution in [0.2, 0.25) is 0 Å². The van der Waals surface area contributed by atoms with E-state index in [1.807, 2.05) is 0 Å². The molecule has 0 saturated heterocycles. The summed E-state index contributed by atoms with van der Waals surface area (Å²) in [6, 6.07) is 0. The van der Waals surface area contributed by atoms with Gasteiger partial charge in [0.05, 0.1) is 0 Å². The second-order valence-corrected chi connectivity index (χ2v) is 1.22. The molecule has 0 fully saturated rings. The van der Waals surface area contributed by atoms with Crippen molar-refractivity contribution in [3.05, 3.63) is 0 Å². The van der Waals surface area contributed by atoms with Gasteiger partial charge in [-0.1, -0.05) is 0 Å². The van der Waals surface area contributed by atoms with Crippen LogP contribution in [0.4, 0.5) is 0 Å². The van der Waals surface area contributed by atoms with Gasteiger partial charge in [0.2, 0.25) is 0 Å². The first-order chi connectivity index (χ1) is 2.00. The van der Waals surface area contributed by atoms with Gasteiger partial charge in [-0.05, 0) is 0 Å². The fraction of sp³-hybridized carbons (Fsp3) is 0. The molecule has 0 unspecified atom stereocenters. The molecule has 0 amide bonds. The summed E-state index contributed by atoms with van der Waals surface area (Å²) in [7, 11) is -5.17. The first-order valence-electron chi connectivity index (χ1n) is 0.667. The molecule has 0 atom stereocenters. The summed E-state index contributed by atoms with van der Waals surface area (Å²) in [5, 5.41) is 0. The largest absolute Gasteiger partial charge is 1.00 e. The van der Waals surface area contributed by atoms with E-state index in [2.05, 4.69) is 0 Å². The van der Waals surface area contributed by atoms with Crippen molar-refractivity contribution in [2.75, 3.05) is 0 Å². The zero-order chi connectivity index (χ0) is 4.50. The van der Waals surface area contributed by atoms with Crippen molar-refractivity contribution in [2.24, 2.45) is 0 Å². The van der Waals surface area contributed by atoms with Crippen LogP contribution in [0, 0.1) is 0 Å². The van der Waals surface area contributed by atoms with E-state index >= 15 is 0 Å². The Morgan fingerprint density at radius 2 is 0.667 bits per heavy atom. The molecule has 0 aromatic heterocycles. The smallest absolute Gasteiger partial charge is 0.759 e. The van der Waals surface area contributed by atoms with Crippen molar-refractivity contribution >= 4 is 33.5 Å². The first kappa shape index (κ1) is 106. The quantitative estimate of drug-likeness (QED) is 0.238. The molecule has 11 nitrogen and oxygen atoms in total. The monoisotopic (exact) mass is 310 g/mol. The Morgan fingerprint density at radius 1 is 0.667 bits per heavy atom. The Bertz CT molecular complexity index is 104. The van der Waals surface area contributed by atoms with E-state index < -0.39 is 10.4 Å². The molecule has 0 radical (unpaired) electrons. The predicted octanol–water partition coefficient (Wildman–Crippen LogP) is -14.0. The number of rotatable bonds is 0. The molecule has 0 rings (SSSR count). The van der Waals surface area contributed by atoms with E-state index in [-0.39, 0.29) is 142 Å². The van der Waals surface area contributed by atoms with Gasteiger partial charge in [-0.15, -0.1) is 0 Å². The standard InChI is InChI=1S/K.Mg.Na.H2O4S.7H2O.2H/c;;;1-5(2,3)4;;;;;;;;;/h;;;(H2,1,2,3,4);7*1H2;;/q+1;;+1;;;;;;;;;;/p-2. The molecule has 15 heavy (non-hydrogen) atoms. The summed E-state index contributed by atoms with van der Waals surface area (Å²) < 4.78 is 34.1. The Labute approximate surface area is 167 Å². The summed E-state index contributed by atoms with van der Waals surface area (Å²) in [6.45, 7) is 0. The van der Waals surface area contributed by atoms with Crippen LogP contribution >= 0.6 is 0 Å². The molecule has 92 valence electrons. The normalized spacial score (nSPS) is 3.87. The summed E-state index contributed by atoms with van der Waals surface area (Å²) in [6.07, 6.45) is 0. The van der Waals surface area contributed by atoms with E-state index in [0.29, 0.717) is 0 Å². The number of hydrogen-bond acceptors (Lipinski definition) is 4. The molecule has 0 heterocycles. The minimum atomic E-state index is -5.17. The van der Waals surface area contributed by atoms with Gasteiger partial charge in [0.15, 0.2) is 0 Å². The minimum absolute atomic E-state index is 0. The molecule has 0 aromatic carbocycles. The Balaban J connectivity index is -0.00000000178. The van der Waals surface area contributed by atoms with Crippen LogP contribution in [-0.4, -0.2) is 78.9 Å². The average molecular weight is 311 g/mol. The minimum Gasteiger partial charge on any atom is -0.759 e. The van der Waals surface area contributed by atoms with Gasteiger partial charge in [-0.25, -0.2) is 0 Å². The van der Waals surface area contributed by atoms with E-state index in [1.54, 1.807) is 0 Å². The van der Waals surface area contributed by atoms with Gasteiger partial charge in [0, 0.05) is 10.4 Å². The third-order valence-corrected chi connectivity index (χ3v) is 0. The fourth-order valence-electron chi connectivity index (χ4n) is 0. The Hall–Kier alpha value is 2.99. The molecule has 0 aromatic rings. The second kappa shape index (κ2) is 53.7. The van der Waals surface area contributed by atoms with Gasteiger partial charge < -0.3 is 47.4 Å². The van der Waals surface area contributed by atoms with E-state index in [4.69, 9.17) is 17.5 Å².